The Morgan fingerprint density at radius 3 is 2.70 bits per heavy atom. The fraction of sp³-hybridized carbons (Fsp3) is 0.167. The molecule has 1 rings (SSSR count). The zero-order chi connectivity index (χ0) is 6.85. The van der Waals surface area contributed by atoms with Crippen molar-refractivity contribution in [1.82, 2.24) is 4.98 Å². The molecule has 0 radical (unpaired) electrons. The molecule has 0 atom stereocenters. The van der Waals surface area contributed by atoms with Gasteiger partial charge in [0.2, 0.25) is 0 Å². The number of halogens is 1. The Labute approximate surface area is 100 Å². The van der Waals surface area contributed by atoms with Crippen LogP contribution in [0.4, 0.5) is 4.39 Å². The predicted octanol–water partition coefficient (Wildman–Crippen LogP) is -2.37. The van der Waals surface area contributed by atoms with Crippen LogP contribution in [-0.2, 0) is 0 Å². The summed E-state index contributed by atoms with van der Waals surface area (Å²) in [5.41, 5.74) is -0.146. The van der Waals surface area contributed by atoms with Crippen molar-refractivity contribution in [1.29, 1.82) is 0 Å². The van der Waals surface area contributed by atoms with E-state index in [-0.39, 0.29) is 51.4 Å². The van der Waals surface area contributed by atoms with Gasteiger partial charge in [-0.2, -0.15) is 6.07 Å². The largest absolute Gasteiger partial charge is 1.00 e. The number of hydrogen-bond donors (Lipinski definition) is 1. The van der Waals surface area contributed by atoms with Crippen LogP contribution in [0.3, 0.4) is 0 Å². The maximum Gasteiger partial charge on any atom is 1.00 e. The Morgan fingerprint density at radius 1 is 1.70 bits per heavy atom. The minimum absolute atomic E-state index is 0. The molecule has 2 nitrogen and oxygen atoms in total. The second-order valence-electron chi connectivity index (χ2n) is 1.72. The molecule has 0 aliphatic carbocycles. The monoisotopic (exact) mass is 165 g/mol. The van der Waals surface area contributed by atoms with Crippen LogP contribution in [0.5, 0.6) is 0 Å². The number of nitrogens with one attached hydrogen (secondary N) is 1. The average Bonchev–Trinajstić information content (AvgIpc) is 1.80. The van der Waals surface area contributed by atoms with Gasteiger partial charge in [0.1, 0.15) is 0 Å². The van der Waals surface area contributed by atoms with Crippen molar-refractivity contribution in [2.75, 3.05) is 0 Å². The number of aromatic amines is 1. The summed E-state index contributed by atoms with van der Waals surface area (Å²) in [6.07, 6.45) is 0. The SMILES string of the molecule is Cc1[c-]cc(F)c(=O)[nH]1.[K+]. The Kier molecular flexibility index (Phi) is 4.63. The summed E-state index contributed by atoms with van der Waals surface area (Å²) >= 11 is 0. The molecule has 1 aromatic heterocycles. The van der Waals surface area contributed by atoms with Crippen LogP contribution in [-0.4, -0.2) is 4.98 Å². The molecule has 10 heavy (non-hydrogen) atoms. The third-order valence-electron chi connectivity index (χ3n) is 0.933. The first-order valence-electron chi connectivity index (χ1n) is 2.47. The molecule has 0 unspecified atom stereocenters. The molecule has 4 heteroatoms. The molecule has 0 amide bonds. The molecular weight excluding hydrogens is 160 g/mol. The maximum absolute atomic E-state index is 12.1. The number of pyridine rings is 1. The van der Waals surface area contributed by atoms with Crippen LogP contribution in [0.1, 0.15) is 5.69 Å². The second-order valence-corrected chi connectivity index (χ2v) is 1.72. The number of rotatable bonds is 0. The average molecular weight is 165 g/mol. The van der Waals surface area contributed by atoms with Gasteiger partial charge in [-0.05, 0) is 6.92 Å². The summed E-state index contributed by atoms with van der Waals surface area (Å²) in [6.45, 7) is 1.64. The smallest absolute Gasteiger partial charge is 0.357 e. The van der Waals surface area contributed by atoms with Crippen LogP contribution < -0.4 is 56.9 Å². The number of H-pyrrole nitrogens is 1. The fourth-order valence-electron chi connectivity index (χ4n) is 0.503. The third kappa shape index (κ3) is 2.63. The molecule has 1 heterocycles. The van der Waals surface area contributed by atoms with E-state index in [1.54, 1.807) is 6.92 Å². The maximum atomic E-state index is 12.1. The molecule has 0 saturated carbocycles. The van der Waals surface area contributed by atoms with E-state index in [0.717, 1.165) is 6.07 Å². The summed E-state index contributed by atoms with van der Waals surface area (Å²) in [5, 5.41) is 0. The molecule has 1 aromatic rings. The van der Waals surface area contributed by atoms with Crippen molar-refractivity contribution in [2.24, 2.45) is 0 Å². The van der Waals surface area contributed by atoms with Gasteiger partial charge in [0.25, 0.3) is 0 Å². The number of aromatic nitrogens is 1. The van der Waals surface area contributed by atoms with Crippen LogP contribution in [0, 0.1) is 18.8 Å². The quantitative estimate of drug-likeness (QED) is 0.338. The molecule has 0 spiro atoms. The number of aryl methyl sites for hydroxylation is 1. The van der Waals surface area contributed by atoms with Gasteiger partial charge in [-0.15, -0.1) is 0 Å². The van der Waals surface area contributed by atoms with Crippen molar-refractivity contribution in [3.05, 3.63) is 34.0 Å². The molecule has 1 N–H and O–H groups in total. The van der Waals surface area contributed by atoms with Crippen LogP contribution in [0.15, 0.2) is 10.9 Å². The molecule has 0 aromatic carbocycles. The van der Waals surface area contributed by atoms with Crippen molar-refractivity contribution in [3.8, 4) is 0 Å². The summed E-state index contributed by atoms with van der Waals surface area (Å²) in [4.78, 5) is 12.6. The Morgan fingerprint density at radius 2 is 2.30 bits per heavy atom. The molecule has 0 aliphatic heterocycles. The minimum atomic E-state index is -0.791. The van der Waals surface area contributed by atoms with E-state index in [9.17, 15) is 9.18 Å². The minimum Gasteiger partial charge on any atom is -0.357 e. The van der Waals surface area contributed by atoms with Crippen molar-refractivity contribution in [2.45, 2.75) is 6.92 Å². The third-order valence-corrected chi connectivity index (χ3v) is 0.933. The van der Waals surface area contributed by atoms with E-state index in [4.69, 9.17) is 0 Å². The Hall–Kier alpha value is 0.516. The van der Waals surface area contributed by atoms with Crippen LogP contribution in [0.2, 0.25) is 0 Å². The molecule has 0 bridgehead atoms. The normalized spacial score (nSPS) is 8.60. The zero-order valence-electron chi connectivity index (χ0n) is 5.86. The van der Waals surface area contributed by atoms with E-state index in [0.29, 0.717) is 5.69 Å². The first kappa shape index (κ1) is 10.5. The van der Waals surface area contributed by atoms with Gasteiger partial charge in [0, 0.05) is 5.82 Å². The number of hydrogen-bond acceptors (Lipinski definition) is 1. The molecule has 48 valence electrons. The van der Waals surface area contributed by atoms with Crippen LogP contribution >= 0.6 is 0 Å². The van der Waals surface area contributed by atoms with Crippen molar-refractivity contribution >= 4 is 0 Å². The second kappa shape index (κ2) is 4.41. The fourth-order valence-corrected chi connectivity index (χ4v) is 0.503. The van der Waals surface area contributed by atoms with Gasteiger partial charge >= 0.3 is 51.4 Å². The van der Waals surface area contributed by atoms with Gasteiger partial charge in [-0.1, -0.05) is 5.69 Å². The van der Waals surface area contributed by atoms with Gasteiger partial charge < -0.3 is 9.37 Å². The Balaban J connectivity index is 0.000000810. The molecule has 0 saturated heterocycles. The van der Waals surface area contributed by atoms with Gasteiger partial charge in [-0.25, -0.2) is 6.07 Å². The van der Waals surface area contributed by atoms with Crippen molar-refractivity contribution in [3.63, 3.8) is 0 Å². The standard InChI is InChI=1S/C6H5FNO.K/c1-4-2-3-5(7)6(9)8-4;/h3H,1H3,(H,8,9);/q-1;+1. The van der Waals surface area contributed by atoms with E-state index in [1.165, 1.54) is 0 Å². The van der Waals surface area contributed by atoms with E-state index in [1.807, 2.05) is 0 Å². The summed E-state index contributed by atoms with van der Waals surface area (Å²) in [5.74, 6) is -0.791. The molecule has 0 fully saturated rings. The molecule has 0 aliphatic rings. The predicted molar refractivity (Wildman–Crippen MR) is 30.6 cm³/mol. The van der Waals surface area contributed by atoms with Gasteiger partial charge in [0.15, 0.2) is 5.56 Å². The van der Waals surface area contributed by atoms with Gasteiger partial charge in [0.05, 0.1) is 0 Å². The van der Waals surface area contributed by atoms with Crippen molar-refractivity contribution < 1.29 is 55.8 Å². The first-order chi connectivity index (χ1) is 4.20. The Bertz CT molecular complexity index is 271. The zero-order valence-corrected chi connectivity index (χ0v) is 8.99. The summed E-state index contributed by atoms with van der Waals surface area (Å²) in [7, 11) is 0. The topological polar surface area (TPSA) is 32.9 Å². The molecular formula is C6H5FKNO. The summed E-state index contributed by atoms with van der Waals surface area (Å²) < 4.78 is 12.1. The van der Waals surface area contributed by atoms with Crippen LogP contribution in [0.25, 0.3) is 0 Å². The first-order valence-corrected chi connectivity index (χ1v) is 2.47. The van der Waals surface area contributed by atoms with E-state index >= 15 is 0 Å². The van der Waals surface area contributed by atoms with E-state index in [2.05, 4.69) is 11.1 Å². The van der Waals surface area contributed by atoms with Gasteiger partial charge in [-0.3, -0.25) is 4.79 Å². The van der Waals surface area contributed by atoms with E-state index < -0.39 is 11.4 Å². The summed E-state index contributed by atoms with van der Waals surface area (Å²) in [6, 6.07) is 3.53.